The number of hydrogen-bond acceptors (Lipinski definition) is 4. The van der Waals surface area contributed by atoms with Gasteiger partial charge in [-0.05, 0) is 18.6 Å². The zero-order valence-electron chi connectivity index (χ0n) is 10.1. The topological polar surface area (TPSA) is 46.8 Å². The zero-order valence-corrected chi connectivity index (χ0v) is 10.9. The fraction of sp³-hybridized carbons (Fsp3) is 0.154. The maximum absolute atomic E-state index is 13.2. The molecule has 19 heavy (non-hydrogen) atoms. The Morgan fingerprint density at radius 1 is 1.47 bits per heavy atom. The highest BCUT2D eigenvalue weighted by Gasteiger charge is 2.15. The molecule has 0 atom stereocenters. The standard InChI is InChI=1S/C13H11FN2O2S/c1-8-2-3-9(14)6-11(8)18-12-10(7-17)16-4-5-19-13(16)15-12/h2-6,17H,7H2,1H3. The molecule has 0 fully saturated rings. The summed E-state index contributed by atoms with van der Waals surface area (Å²) in [5.74, 6) is 0.343. The van der Waals surface area contributed by atoms with Crippen LogP contribution in [0.3, 0.4) is 0 Å². The van der Waals surface area contributed by atoms with Crippen molar-refractivity contribution in [2.45, 2.75) is 13.5 Å². The third-order valence-electron chi connectivity index (χ3n) is 2.83. The maximum atomic E-state index is 13.2. The Bertz CT molecular complexity index is 735. The third-order valence-corrected chi connectivity index (χ3v) is 3.59. The van der Waals surface area contributed by atoms with Crippen LogP contribution in [0, 0.1) is 12.7 Å². The summed E-state index contributed by atoms with van der Waals surface area (Å²) in [7, 11) is 0. The molecule has 1 aromatic carbocycles. The average Bonchev–Trinajstić information content (AvgIpc) is 2.94. The molecule has 0 spiro atoms. The van der Waals surface area contributed by atoms with Crippen LogP contribution in [0.25, 0.3) is 4.96 Å². The van der Waals surface area contributed by atoms with E-state index in [-0.39, 0.29) is 12.4 Å². The van der Waals surface area contributed by atoms with Crippen molar-refractivity contribution in [2.75, 3.05) is 0 Å². The number of thiazole rings is 1. The van der Waals surface area contributed by atoms with Crippen LogP contribution in [0.4, 0.5) is 4.39 Å². The molecule has 4 nitrogen and oxygen atoms in total. The van der Waals surface area contributed by atoms with Gasteiger partial charge in [-0.3, -0.25) is 4.40 Å². The van der Waals surface area contributed by atoms with E-state index in [4.69, 9.17) is 4.74 Å². The molecule has 1 N–H and O–H groups in total. The van der Waals surface area contributed by atoms with Crippen molar-refractivity contribution in [1.82, 2.24) is 9.38 Å². The van der Waals surface area contributed by atoms with Crippen molar-refractivity contribution in [2.24, 2.45) is 0 Å². The second-order valence-electron chi connectivity index (χ2n) is 4.09. The van der Waals surface area contributed by atoms with Crippen LogP contribution in [0.5, 0.6) is 11.6 Å². The number of ether oxygens (including phenoxy) is 1. The molecule has 98 valence electrons. The summed E-state index contributed by atoms with van der Waals surface area (Å²) in [4.78, 5) is 5.02. The van der Waals surface area contributed by atoms with Gasteiger partial charge in [0, 0.05) is 17.6 Å². The smallest absolute Gasteiger partial charge is 0.244 e. The Kier molecular flexibility index (Phi) is 2.96. The lowest BCUT2D eigenvalue weighted by atomic mass is 10.2. The van der Waals surface area contributed by atoms with E-state index < -0.39 is 0 Å². The van der Waals surface area contributed by atoms with Gasteiger partial charge in [0.1, 0.15) is 17.3 Å². The van der Waals surface area contributed by atoms with Crippen LogP contribution in [0.2, 0.25) is 0 Å². The largest absolute Gasteiger partial charge is 0.437 e. The first-order chi connectivity index (χ1) is 9.19. The van der Waals surface area contributed by atoms with Crippen LogP contribution in [-0.2, 0) is 6.61 Å². The van der Waals surface area contributed by atoms with Crippen molar-refractivity contribution in [1.29, 1.82) is 0 Å². The number of aryl methyl sites for hydroxylation is 1. The molecule has 3 aromatic rings. The minimum Gasteiger partial charge on any atom is -0.437 e. The summed E-state index contributed by atoms with van der Waals surface area (Å²) >= 11 is 1.44. The minimum atomic E-state index is -0.368. The molecule has 3 rings (SSSR count). The van der Waals surface area contributed by atoms with E-state index in [1.54, 1.807) is 10.5 Å². The van der Waals surface area contributed by atoms with Gasteiger partial charge in [-0.1, -0.05) is 6.07 Å². The summed E-state index contributed by atoms with van der Waals surface area (Å²) in [5, 5.41) is 11.3. The van der Waals surface area contributed by atoms with E-state index in [0.717, 1.165) is 10.5 Å². The summed E-state index contributed by atoms with van der Waals surface area (Å²) in [6.07, 6.45) is 1.81. The lowest BCUT2D eigenvalue weighted by molar-refractivity contribution is 0.269. The third kappa shape index (κ3) is 2.09. The highest BCUT2D eigenvalue weighted by atomic mass is 32.1. The molecule has 0 aliphatic heterocycles. The SMILES string of the molecule is Cc1ccc(F)cc1Oc1nc2sccn2c1CO. The zero-order chi connectivity index (χ0) is 13.4. The molecule has 0 unspecified atom stereocenters. The number of aliphatic hydroxyl groups excluding tert-OH is 1. The fourth-order valence-corrected chi connectivity index (χ4v) is 2.55. The molecule has 0 aliphatic rings. The Balaban J connectivity index is 2.05. The number of aliphatic hydroxyl groups is 1. The van der Waals surface area contributed by atoms with Crippen molar-refractivity contribution in [3.05, 3.63) is 46.9 Å². The highest BCUT2D eigenvalue weighted by molar-refractivity contribution is 7.15. The van der Waals surface area contributed by atoms with E-state index in [0.29, 0.717) is 17.3 Å². The Morgan fingerprint density at radius 2 is 2.32 bits per heavy atom. The van der Waals surface area contributed by atoms with Crippen molar-refractivity contribution < 1.29 is 14.2 Å². The predicted molar refractivity (Wildman–Crippen MR) is 70.2 cm³/mol. The van der Waals surface area contributed by atoms with Crippen LogP contribution in [0.1, 0.15) is 11.3 Å². The van der Waals surface area contributed by atoms with Crippen LogP contribution >= 0.6 is 11.3 Å². The normalized spacial score (nSPS) is 11.1. The first-order valence-corrected chi connectivity index (χ1v) is 6.56. The van der Waals surface area contributed by atoms with Gasteiger partial charge >= 0.3 is 0 Å². The fourth-order valence-electron chi connectivity index (χ4n) is 1.83. The molecule has 0 radical (unpaired) electrons. The summed E-state index contributed by atoms with van der Waals surface area (Å²) in [5.41, 5.74) is 1.36. The van der Waals surface area contributed by atoms with Gasteiger partial charge in [-0.2, -0.15) is 4.98 Å². The van der Waals surface area contributed by atoms with E-state index in [9.17, 15) is 9.50 Å². The number of benzene rings is 1. The number of imidazole rings is 1. The van der Waals surface area contributed by atoms with Crippen LogP contribution in [0.15, 0.2) is 29.8 Å². The number of fused-ring (bicyclic) bond motifs is 1. The summed E-state index contributed by atoms with van der Waals surface area (Å²) in [6, 6.07) is 4.33. The van der Waals surface area contributed by atoms with Crippen LogP contribution in [-0.4, -0.2) is 14.5 Å². The number of nitrogens with zero attached hydrogens (tertiary/aromatic N) is 2. The van der Waals surface area contributed by atoms with Gasteiger partial charge in [-0.25, -0.2) is 4.39 Å². The first kappa shape index (κ1) is 12.1. The van der Waals surface area contributed by atoms with E-state index in [2.05, 4.69) is 4.98 Å². The molecule has 0 bridgehead atoms. The second kappa shape index (κ2) is 4.64. The van der Waals surface area contributed by atoms with Crippen LogP contribution < -0.4 is 4.74 Å². The molecule has 0 saturated carbocycles. The monoisotopic (exact) mass is 278 g/mol. The van der Waals surface area contributed by atoms with Gasteiger partial charge in [0.05, 0.1) is 6.61 Å². The molecular formula is C13H11FN2O2S. The minimum absolute atomic E-state index is 0.193. The molecule has 2 aromatic heterocycles. The first-order valence-electron chi connectivity index (χ1n) is 5.68. The van der Waals surface area contributed by atoms with Gasteiger partial charge in [-0.15, -0.1) is 11.3 Å². The Morgan fingerprint density at radius 3 is 3.11 bits per heavy atom. The second-order valence-corrected chi connectivity index (χ2v) is 4.96. The summed E-state index contributed by atoms with van der Waals surface area (Å²) in [6.45, 7) is 1.63. The number of aromatic nitrogens is 2. The van der Waals surface area contributed by atoms with E-state index >= 15 is 0 Å². The maximum Gasteiger partial charge on any atom is 0.244 e. The number of rotatable bonds is 3. The molecular weight excluding hydrogens is 267 g/mol. The Labute approximate surface area is 112 Å². The van der Waals surface area contributed by atoms with Crippen molar-refractivity contribution in [3.63, 3.8) is 0 Å². The molecule has 0 aliphatic carbocycles. The van der Waals surface area contributed by atoms with Crippen molar-refractivity contribution in [3.8, 4) is 11.6 Å². The van der Waals surface area contributed by atoms with Gasteiger partial charge in [0.15, 0.2) is 4.96 Å². The predicted octanol–water partition coefficient (Wildman–Crippen LogP) is 3.13. The molecule has 0 saturated heterocycles. The lowest BCUT2D eigenvalue weighted by Crippen LogP contribution is -1.95. The molecule has 6 heteroatoms. The Hall–Kier alpha value is -1.92. The van der Waals surface area contributed by atoms with Gasteiger partial charge in [0.2, 0.25) is 5.88 Å². The molecule has 0 amide bonds. The quantitative estimate of drug-likeness (QED) is 0.800. The summed E-state index contributed by atoms with van der Waals surface area (Å²) < 4.78 is 20.6. The number of halogens is 1. The number of hydrogen-bond donors (Lipinski definition) is 1. The van der Waals surface area contributed by atoms with Gasteiger partial charge in [0.25, 0.3) is 0 Å². The van der Waals surface area contributed by atoms with E-state index in [1.165, 1.54) is 23.5 Å². The van der Waals surface area contributed by atoms with Gasteiger partial charge < -0.3 is 9.84 Å². The average molecular weight is 278 g/mol. The lowest BCUT2D eigenvalue weighted by Gasteiger charge is -2.07. The molecule has 2 heterocycles. The van der Waals surface area contributed by atoms with Crippen molar-refractivity contribution >= 4 is 16.3 Å². The highest BCUT2D eigenvalue weighted by Crippen LogP contribution is 2.30. The van der Waals surface area contributed by atoms with E-state index in [1.807, 2.05) is 18.5 Å².